The van der Waals surface area contributed by atoms with Crippen molar-refractivity contribution in [1.82, 2.24) is 9.78 Å². The van der Waals surface area contributed by atoms with E-state index in [0.717, 1.165) is 22.6 Å². The predicted molar refractivity (Wildman–Crippen MR) is 91.7 cm³/mol. The molecule has 9 heteroatoms. The summed E-state index contributed by atoms with van der Waals surface area (Å²) in [6.07, 6.45) is -2.17. The summed E-state index contributed by atoms with van der Waals surface area (Å²) >= 11 is 0. The fraction of sp³-hybridized carbons (Fsp3) is 0.167. The van der Waals surface area contributed by atoms with Crippen LogP contribution >= 0.6 is 0 Å². The molecule has 0 aliphatic carbocycles. The third kappa shape index (κ3) is 3.73. The van der Waals surface area contributed by atoms with E-state index in [0.29, 0.717) is 17.8 Å². The van der Waals surface area contributed by atoms with Crippen molar-refractivity contribution < 1.29 is 26.0 Å². The third-order valence-electron chi connectivity index (χ3n) is 3.93. The van der Waals surface area contributed by atoms with Gasteiger partial charge in [-0.05, 0) is 37.3 Å². The Bertz CT molecular complexity index is 1110. The molecule has 142 valence electrons. The molecular formula is C18H14F4N2O2S. The van der Waals surface area contributed by atoms with E-state index in [1.807, 2.05) is 6.92 Å². The largest absolute Gasteiger partial charge is 0.282 e. The van der Waals surface area contributed by atoms with Gasteiger partial charge in [0.2, 0.25) is 0 Å². The molecule has 1 aromatic heterocycles. The molecule has 0 saturated heterocycles. The van der Waals surface area contributed by atoms with Gasteiger partial charge in [0.25, 0.3) is 6.43 Å². The number of halogens is 4. The lowest BCUT2D eigenvalue weighted by Gasteiger charge is -2.10. The molecule has 27 heavy (non-hydrogen) atoms. The summed E-state index contributed by atoms with van der Waals surface area (Å²) in [5.74, 6) is -2.24. The van der Waals surface area contributed by atoms with Gasteiger partial charge >= 0.3 is 0 Å². The van der Waals surface area contributed by atoms with Crippen molar-refractivity contribution in [3.63, 3.8) is 0 Å². The number of hydrogen-bond donors (Lipinski definition) is 0. The van der Waals surface area contributed by atoms with Crippen LogP contribution in [0.5, 0.6) is 0 Å². The monoisotopic (exact) mass is 398 g/mol. The Morgan fingerprint density at radius 2 is 1.63 bits per heavy atom. The molecular weight excluding hydrogens is 384 g/mol. The van der Waals surface area contributed by atoms with Crippen LogP contribution in [-0.2, 0) is 9.84 Å². The standard InChI is InChI=1S/C18H14F4N2O2S/c1-10-3-5-11(6-4-10)24-16(9-15(23-24)18(21)22)12-7-14(20)17(8-13(12)19)27(2,25)26/h3-9,18H,1-2H3. The third-order valence-corrected chi connectivity index (χ3v) is 5.04. The van der Waals surface area contributed by atoms with Gasteiger partial charge in [0.05, 0.1) is 11.4 Å². The fourth-order valence-corrected chi connectivity index (χ4v) is 3.32. The maximum Gasteiger partial charge on any atom is 0.282 e. The predicted octanol–water partition coefficient (Wildman–Crippen LogP) is 4.47. The van der Waals surface area contributed by atoms with Crippen LogP contribution in [0.2, 0.25) is 0 Å². The second-order valence-corrected chi connectivity index (χ2v) is 8.02. The van der Waals surface area contributed by atoms with Crippen molar-refractivity contribution in [3.05, 3.63) is 65.4 Å². The average Bonchev–Trinajstić information content (AvgIpc) is 3.01. The van der Waals surface area contributed by atoms with Gasteiger partial charge in [-0.25, -0.2) is 30.7 Å². The maximum atomic E-state index is 14.6. The zero-order valence-corrected chi connectivity index (χ0v) is 15.1. The first-order chi connectivity index (χ1) is 12.6. The van der Waals surface area contributed by atoms with Gasteiger partial charge in [-0.15, -0.1) is 0 Å². The Kier molecular flexibility index (Phi) is 4.81. The maximum absolute atomic E-state index is 14.6. The van der Waals surface area contributed by atoms with Gasteiger partial charge in [0.15, 0.2) is 9.84 Å². The Hall–Kier alpha value is -2.68. The van der Waals surface area contributed by atoms with E-state index in [-0.39, 0.29) is 11.3 Å². The van der Waals surface area contributed by atoms with Gasteiger partial charge in [0.1, 0.15) is 22.2 Å². The number of alkyl halides is 2. The number of benzene rings is 2. The molecule has 0 fully saturated rings. The Labute approximate surface area is 153 Å². The van der Waals surface area contributed by atoms with E-state index < -0.39 is 38.5 Å². The van der Waals surface area contributed by atoms with Crippen molar-refractivity contribution in [2.24, 2.45) is 0 Å². The summed E-state index contributed by atoms with van der Waals surface area (Å²) in [6, 6.07) is 8.78. The average molecular weight is 398 g/mol. The molecule has 0 unspecified atom stereocenters. The Balaban J connectivity index is 2.25. The van der Waals surface area contributed by atoms with Crippen LogP contribution in [0, 0.1) is 18.6 Å². The van der Waals surface area contributed by atoms with Gasteiger partial charge in [-0.1, -0.05) is 17.7 Å². The quantitative estimate of drug-likeness (QED) is 0.610. The topological polar surface area (TPSA) is 52.0 Å². The second-order valence-electron chi connectivity index (χ2n) is 6.04. The Morgan fingerprint density at radius 3 is 2.19 bits per heavy atom. The van der Waals surface area contributed by atoms with E-state index in [1.165, 1.54) is 0 Å². The smallest absolute Gasteiger partial charge is 0.233 e. The SMILES string of the molecule is Cc1ccc(-n2nc(C(F)F)cc2-c2cc(F)c(S(C)(=O)=O)cc2F)cc1. The molecule has 4 nitrogen and oxygen atoms in total. The number of aromatic nitrogens is 2. The van der Waals surface area contributed by atoms with E-state index >= 15 is 0 Å². The van der Waals surface area contributed by atoms with Crippen molar-refractivity contribution in [2.45, 2.75) is 18.2 Å². The minimum absolute atomic E-state index is 0.120. The zero-order chi connectivity index (χ0) is 19.9. The summed E-state index contributed by atoms with van der Waals surface area (Å²) in [5.41, 5.74) is 0.175. The van der Waals surface area contributed by atoms with Crippen molar-refractivity contribution in [3.8, 4) is 16.9 Å². The molecule has 0 aliphatic rings. The highest BCUT2D eigenvalue weighted by Crippen LogP contribution is 2.32. The lowest BCUT2D eigenvalue weighted by molar-refractivity contribution is 0.145. The van der Waals surface area contributed by atoms with Crippen LogP contribution in [0.1, 0.15) is 17.7 Å². The van der Waals surface area contributed by atoms with Gasteiger partial charge in [-0.2, -0.15) is 5.10 Å². The highest BCUT2D eigenvalue weighted by Gasteiger charge is 2.23. The lowest BCUT2D eigenvalue weighted by Crippen LogP contribution is -2.05. The first-order valence-electron chi connectivity index (χ1n) is 7.72. The molecule has 0 spiro atoms. The minimum atomic E-state index is -3.99. The van der Waals surface area contributed by atoms with Crippen LogP contribution in [-0.4, -0.2) is 24.5 Å². The molecule has 0 bridgehead atoms. The van der Waals surface area contributed by atoms with Crippen LogP contribution in [0.15, 0.2) is 47.4 Å². The molecule has 0 aliphatic heterocycles. The lowest BCUT2D eigenvalue weighted by atomic mass is 10.1. The summed E-state index contributed by atoms with van der Waals surface area (Å²) < 4.78 is 79.2. The van der Waals surface area contributed by atoms with Gasteiger partial charge in [-0.3, -0.25) is 0 Å². The zero-order valence-electron chi connectivity index (χ0n) is 14.2. The molecule has 0 radical (unpaired) electrons. The Morgan fingerprint density at radius 1 is 1.00 bits per heavy atom. The molecule has 0 atom stereocenters. The molecule has 3 rings (SSSR count). The highest BCUT2D eigenvalue weighted by molar-refractivity contribution is 7.90. The second kappa shape index (κ2) is 6.80. The van der Waals surface area contributed by atoms with Crippen LogP contribution in [0.4, 0.5) is 17.6 Å². The van der Waals surface area contributed by atoms with Gasteiger partial charge in [0, 0.05) is 11.8 Å². The fourth-order valence-electron chi connectivity index (χ4n) is 2.59. The number of hydrogen-bond acceptors (Lipinski definition) is 3. The van der Waals surface area contributed by atoms with Crippen molar-refractivity contribution in [1.29, 1.82) is 0 Å². The molecule has 3 aromatic rings. The van der Waals surface area contributed by atoms with Crippen LogP contribution in [0.3, 0.4) is 0 Å². The summed E-state index contributed by atoms with van der Waals surface area (Å²) in [6.45, 7) is 1.83. The normalized spacial score (nSPS) is 12.0. The number of rotatable bonds is 4. The first-order valence-corrected chi connectivity index (χ1v) is 9.61. The summed E-state index contributed by atoms with van der Waals surface area (Å²) in [7, 11) is -3.99. The summed E-state index contributed by atoms with van der Waals surface area (Å²) in [5, 5.41) is 3.79. The van der Waals surface area contributed by atoms with E-state index in [1.54, 1.807) is 24.3 Å². The van der Waals surface area contributed by atoms with Gasteiger partial charge < -0.3 is 0 Å². The van der Waals surface area contributed by atoms with E-state index in [2.05, 4.69) is 5.10 Å². The minimum Gasteiger partial charge on any atom is -0.233 e. The van der Waals surface area contributed by atoms with E-state index in [4.69, 9.17) is 0 Å². The molecule has 2 aromatic carbocycles. The number of aryl methyl sites for hydroxylation is 1. The van der Waals surface area contributed by atoms with Crippen LogP contribution in [0.25, 0.3) is 16.9 Å². The number of nitrogens with zero attached hydrogens (tertiary/aromatic N) is 2. The van der Waals surface area contributed by atoms with Crippen LogP contribution < -0.4 is 0 Å². The van der Waals surface area contributed by atoms with Crippen molar-refractivity contribution >= 4 is 9.84 Å². The first kappa shape index (κ1) is 19.1. The molecule has 0 N–H and O–H groups in total. The molecule has 0 saturated carbocycles. The summed E-state index contributed by atoms with van der Waals surface area (Å²) in [4.78, 5) is -0.806. The molecule has 0 amide bonds. The van der Waals surface area contributed by atoms with E-state index in [9.17, 15) is 26.0 Å². The number of sulfone groups is 1. The van der Waals surface area contributed by atoms with Crippen molar-refractivity contribution in [2.75, 3.05) is 6.26 Å². The molecule has 1 heterocycles. The highest BCUT2D eigenvalue weighted by atomic mass is 32.2.